The van der Waals surface area contributed by atoms with Crippen LogP contribution in [-0.2, 0) is 4.74 Å². The molecular weight excluding hydrogens is 262 g/mol. The monoisotopic (exact) mass is 291 g/mol. The molecule has 1 aromatic carbocycles. The van der Waals surface area contributed by atoms with Gasteiger partial charge in [-0.1, -0.05) is 26.8 Å². The third-order valence-electron chi connectivity index (χ3n) is 4.80. The van der Waals surface area contributed by atoms with Crippen LogP contribution < -0.4 is 4.90 Å². The molecule has 1 aliphatic heterocycles. The lowest BCUT2D eigenvalue weighted by molar-refractivity contribution is 0.113. The second kappa shape index (κ2) is 7.69. The van der Waals surface area contributed by atoms with Crippen LogP contribution in [0.4, 0.5) is 5.69 Å². The van der Waals surface area contributed by atoms with Crippen molar-refractivity contribution in [1.82, 2.24) is 0 Å². The topological polar surface area (TPSA) is 32.7 Å². The predicted octanol–water partition coefficient (Wildman–Crippen LogP) is 4.06. The molecule has 1 fully saturated rings. The molecule has 0 bridgehead atoms. The molecule has 118 valence electrons. The van der Waals surface area contributed by atoms with Gasteiger partial charge in [0, 0.05) is 37.6 Å². The summed E-state index contributed by atoms with van der Waals surface area (Å²) in [6.07, 6.45) is 3.34. The Morgan fingerprint density at radius 2 is 2.10 bits per heavy atom. The Hall–Kier alpha value is -1.22. The number of nitrogens with zero attached hydrogens (tertiary/aromatic N) is 1. The number of phenols is 1. The van der Waals surface area contributed by atoms with Gasteiger partial charge in [-0.05, 0) is 43.2 Å². The van der Waals surface area contributed by atoms with Crippen LogP contribution in [0.2, 0.25) is 0 Å². The summed E-state index contributed by atoms with van der Waals surface area (Å²) in [6.45, 7) is 9.58. The van der Waals surface area contributed by atoms with Gasteiger partial charge in [-0.15, -0.1) is 0 Å². The summed E-state index contributed by atoms with van der Waals surface area (Å²) in [4.78, 5) is 2.46. The fourth-order valence-electron chi connectivity index (χ4n) is 3.30. The standard InChI is InChI=1S/C18H29NO2/c1-4-11-21-12-9-18-15(3)14(2)8-10-19(18)16-6-5-7-17(20)13-16/h5-7,13-15,18,20H,4,8-12H2,1-3H3. The highest BCUT2D eigenvalue weighted by atomic mass is 16.5. The second-order valence-corrected chi connectivity index (χ2v) is 6.31. The van der Waals surface area contributed by atoms with Gasteiger partial charge in [0.05, 0.1) is 0 Å². The molecule has 0 aliphatic carbocycles. The van der Waals surface area contributed by atoms with Gasteiger partial charge >= 0.3 is 0 Å². The predicted molar refractivity (Wildman–Crippen MR) is 87.9 cm³/mol. The van der Waals surface area contributed by atoms with E-state index in [0.717, 1.165) is 44.2 Å². The van der Waals surface area contributed by atoms with Crippen molar-refractivity contribution in [1.29, 1.82) is 0 Å². The van der Waals surface area contributed by atoms with Crippen molar-refractivity contribution in [2.24, 2.45) is 11.8 Å². The number of piperidine rings is 1. The molecule has 3 unspecified atom stereocenters. The molecule has 0 amide bonds. The Bertz CT molecular complexity index is 435. The van der Waals surface area contributed by atoms with E-state index >= 15 is 0 Å². The fourth-order valence-corrected chi connectivity index (χ4v) is 3.30. The van der Waals surface area contributed by atoms with Gasteiger partial charge in [-0.25, -0.2) is 0 Å². The van der Waals surface area contributed by atoms with Crippen molar-refractivity contribution in [2.45, 2.75) is 46.1 Å². The number of hydrogen-bond donors (Lipinski definition) is 1. The number of hydrogen-bond acceptors (Lipinski definition) is 3. The molecule has 21 heavy (non-hydrogen) atoms. The van der Waals surface area contributed by atoms with Gasteiger partial charge in [0.2, 0.25) is 0 Å². The second-order valence-electron chi connectivity index (χ2n) is 6.31. The molecule has 3 heteroatoms. The van der Waals surface area contributed by atoms with E-state index in [1.54, 1.807) is 6.07 Å². The number of benzene rings is 1. The number of phenolic OH excluding ortho intramolecular Hbond substituents is 1. The minimum atomic E-state index is 0.347. The summed E-state index contributed by atoms with van der Waals surface area (Å²) in [5.74, 6) is 1.74. The quantitative estimate of drug-likeness (QED) is 0.802. The van der Waals surface area contributed by atoms with E-state index in [1.807, 2.05) is 12.1 Å². The molecule has 3 atom stereocenters. The van der Waals surface area contributed by atoms with E-state index in [-0.39, 0.29) is 0 Å². The first kappa shape index (κ1) is 16.2. The lowest BCUT2D eigenvalue weighted by Crippen LogP contribution is -2.48. The van der Waals surface area contributed by atoms with Crippen molar-refractivity contribution in [3.05, 3.63) is 24.3 Å². The van der Waals surface area contributed by atoms with E-state index in [4.69, 9.17) is 4.74 Å². The highest BCUT2D eigenvalue weighted by Gasteiger charge is 2.32. The van der Waals surface area contributed by atoms with E-state index in [1.165, 1.54) is 6.42 Å². The number of anilines is 1. The Kier molecular flexibility index (Phi) is 5.92. The van der Waals surface area contributed by atoms with E-state index < -0.39 is 0 Å². The molecule has 1 heterocycles. The normalized spacial score (nSPS) is 26.0. The van der Waals surface area contributed by atoms with Crippen LogP contribution in [-0.4, -0.2) is 30.9 Å². The molecular formula is C18H29NO2. The van der Waals surface area contributed by atoms with Crippen LogP contribution >= 0.6 is 0 Å². The first-order valence-electron chi connectivity index (χ1n) is 8.27. The van der Waals surface area contributed by atoms with Crippen LogP contribution in [0.1, 0.15) is 40.0 Å². The summed E-state index contributed by atoms with van der Waals surface area (Å²) >= 11 is 0. The average Bonchev–Trinajstić information content (AvgIpc) is 2.47. The minimum absolute atomic E-state index is 0.347. The van der Waals surface area contributed by atoms with Crippen LogP contribution in [0.25, 0.3) is 0 Å². The SMILES string of the molecule is CCCOCCC1C(C)C(C)CCN1c1cccc(O)c1. The van der Waals surface area contributed by atoms with E-state index in [0.29, 0.717) is 17.7 Å². The maximum Gasteiger partial charge on any atom is 0.117 e. The maximum absolute atomic E-state index is 9.74. The highest BCUT2D eigenvalue weighted by Crippen LogP contribution is 2.34. The molecule has 1 aliphatic rings. The Morgan fingerprint density at radius 1 is 1.29 bits per heavy atom. The first-order valence-corrected chi connectivity index (χ1v) is 8.27. The summed E-state index contributed by atoms with van der Waals surface area (Å²) in [5.41, 5.74) is 1.13. The maximum atomic E-state index is 9.74. The Morgan fingerprint density at radius 3 is 2.81 bits per heavy atom. The zero-order valence-electron chi connectivity index (χ0n) is 13.6. The van der Waals surface area contributed by atoms with Gasteiger partial charge in [0.15, 0.2) is 0 Å². The summed E-state index contributed by atoms with van der Waals surface area (Å²) in [7, 11) is 0. The summed E-state index contributed by atoms with van der Waals surface area (Å²) in [6, 6.07) is 8.13. The van der Waals surface area contributed by atoms with Crippen LogP contribution in [0.3, 0.4) is 0 Å². The van der Waals surface area contributed by atoms with Crippen molar-refractivity contribution in [3.63, 3.8) is 0 Å². The Labute approximate surface area is 128 Å². The summed E-state index contributed by atoms with van der Waals surface area (Å²) < 4.78 is 5.70. The van der Waals surface area contributed by atoms with E-state index in [2.05, 4.69) is 31.7 Å². The first-order chi connectivity index (χ1) is 10.1. The van der Waals surface area contributed by atoms with Gasteiger partial charge in [0.1, 0.15) is 5.75 Å². The molecule has 0 saturated carbocycles. The van der Waals surface area contributed by atoms with Crippen molar-refractivity contribution < 1.29 is 9.84 Å². The number of rotatable bonds is 6. The van der Waals surface area contributed by atoms with Gasteiger partial charge < -0.3 is 14.7 Å². The molecule has 1 aromatic rings. The van der Waals surface area contributed by atoms with Crippen LogP contribution in [0.15, 0.2) is 24.3 Å². The van der Waals surface area contributed by atoms with E-state index in [9.17, 15) is 5.11 Å². The van der Waals surface area contributed by atoms with Crippen molar-refractivity contribution in [3.8, 4) is 5.75 Å². The van der Waals surface area contributed by atoms with Crippen molar-refractivity contribution >= 4 is 5.69 Å². The average molecular weight is 291 g/mol. The lowest BCUT2D eigenvalue weighted by atomic mass is 9.80. The number of aromatic hydroxyl groups is 1. The fraction of sp³-hybridized carbons (Fsp3) is 0.667. The third kappa shape index (κ3) is 4.13. The van der Waals surface area contributed by atoms with Crippen molar-refractivity contribution in [2.75, 3.05) is 24.7 Å². The Balaban J connectivity index is 2.08. The van der Waals surface area contributed by atoms with Crippen LogP contribution in [0.5, 0.6) is 5.75 Å². The molecule has 1 saturated heterocycles. The molecule has 0 radical (unpaired) electrons. The number of ether oxygens (including phenoxy) is 1. The zero-order valence-corrected chi connectivity index (χ0v) is 13.6. The molecule has 2 rings (SSSR count). The largest absolute Gasteiger partial charge is 0.508 e. The van der Waals surface area contributed by atoms with Gasteiger partial charge in [0.25, 0.3) is 0 Å². The third-order valence-corrected chi connectivity index (χ3v) is 4.80. The zero-order chi connectivity index (χ0) is 15.2. The molecule has 1 N–H and O–H groups in total. The molecule has 0 spiro atoms. The molecule has 0 aromatic heterocycles. The minimum Gasteiger partial charge on any atom is -0.508 e. The van der Waals surface area contributed by atoms with Crippen LogP contribution in [0, 0.1) is 11.8 Å². The lowest BCUT2D eigenvalue weighted by Gasteiger charge is -2.45. The highest BCUT2D eigenvalue weighted by molar-refractivity contribution is 5.51. The summed E-state index contributed by atoms with van der Waals surface area (Å²) in [5, 5.41) is 9.74. The smallest absolute Gasteiger partial charge is 0.117 e. The molecule has 3 nitrogen and oxygen atoms in total. The van der Waals surface area contributed by atoms with Gasteiger partial charge in [-0.3, -0.25) is 0 Å². The van der Waals surface area contributed by atoms with Gasteiger partial charge in [-0.2, -0.15) is 0 Å².